The summed E-state index contributed by atoms with van der Waals surface area (Å²) in [4.78, 5) is 0. The third kappa shape index (κ3) is 4.09. The fraction of sp³-hybridized carbons (Fsp3) is 0.294. The summed E-state index contributed by atoms with van der Waals surface area (Å²) in [6, 6.07) is 14.3. The van der Waals surface area contributed by atoms with Crippen LogP contribution in [-0.2, 0) is 6.42 Å². The maximum atomic E-state index is 6.07. The van der Waals surface area contributed by atoms with Crippen molar-refractivity contribution >= 4 is 15.9 Å². The van der Waals surface area contributed by atoms with Gasteiger partial charge in [0.25, 0.3) is 0 Å². The number of hydrogen-bond acceptors (Lipinski definition) is 2. The average molecular weight is 334 g/mol. The minimum atomic E-state index is 0.157. The Morgan fingerprint density at radius 1 is 1.20 bits per heavy atom. The van der Waals surface area contributed by atoms with E-state index in [0.29, 0.717) is 0 Å². The molecule has 3 heteroatoms. The number of nitrogens with two attached hydrogens (primary N) is 1. The zero-order chi connectivity index (χ0) is 14.5. The van der Waals surface area contributed by atoms with Crippen LogP contribution in [0.5, 0.6) is 11.5 Å². The summed E-state index contributed by atoms with van der Waals surface area (Å²) in [6.45, 7) is 4.16. The summed E-state index contributed by atoms with van der Waals surface area (Å²) in [7, 11) is 0. The number of aryl methyl sites for hydroxylation is 1. The topological polar surface area (TPSA) is 35.2 Å². The molecule has 2 rings (SSSR count). The highest BCUT2D eigenvalue weighted by Gasteiger charge is 2.09. The smallest absolute Gasteiger partial charge is 0.130 e. The van der Waals surface area contributed by atoms with Crippen molar-refractivity contribution in [2.75, 3.05) is 0 Å². The van der Waals surface area contributed by atoms with Crippen LogP contribution in [0.1, 0.15) is 24.5 Å². The molecule has 0 aliphatic heterocycles. The first-order chi connectivity index (χ1) is 9.58. The molecule has 20 heavy (non-hydrogen) atoms. The van der Waals surface area contributed by atoms with Crippen LogP contribution in [0.25, 0.3) is 0 Å². The number of ether oxygens (including phenoxy) is 1. The third-order valence-corrected chi connectivity index (χ3v) is 3.74. The lowest BCUT2D eigenvalue weighted by molar-refractivity contribution is 0.471. The van der Waals surface area contributed by atoms with Crippen LogP contribution in [0.2, 0.25) is 0 Å². The SMILES string of the molecule is CCC(N)Cc1cc(Br)ccc1Oc1cccc(C)c1. The molecule has 0 saturated carbocycles. The summed E-state index contributed by atoms with van der Waals surface area (Å²) < 4.78 is 7.06. The summed E-state index contributed by atoms with van der Waals surface area (Å²) in [5, 5.41) is 0. The minimum Gasteiger partial charge on any atom is -0.457 e. The predicted octanol–water partition coefficient (Wildman–Crippen LogP) is 4.83. The lowest BCUT2D eigenvalue weighted by Crippen LogP contribution is -2.21. The van der Waals surface area contributed by atoms with Crippen LogP contribution in [0.15, 0.2) is 46.9 Å². The highest BCUT2D eigenvalue weighted by molar-refractivity contribution is 9.10. The second kappa shape index (κ2) is 6.91. The van der Waals surface area contributed by atoms with Crippen LogP contribution >= 0.6 is 15.9 Å². The van der Waals surface area contributed by atoms with Gasteiger partial charge in [0.1, 0.15) is 11.5 Å². The summed E-state index contributed by atoms with van der Waals surface area (Å²) in [6.07, 6.45) is 1.77. The average Bonchev–Trinajstić information content (AvgIpc) is 2.42. The molecule has 1 unspecified atom stereocenters. The lowest BCUT2D eigenvalue weighted by Gasteiger charge is -2.15. The van der Waals surface area contributed by atoms with Gasteiger partial charge in [-0.2, -0.15) is 0 Å². The van der Waals surface area contributed by atoms with Gasteiger partial charge in [0, 0.05) is 10.5 Å². The van der Waals surface area contributed by atoms with E-state index in [1.165, 1.54) is 5.56 Å². The Kier molecular flexibility index (Phi) is 5.21. The summed E-state index contributed by atoms with van der Waals surface area (Å²) in [5.41, 5.74) is 8.39. The van der Waals surface area contributed by atoms with Crippen LogP contribution in [-0.4, -0.2) is 6.04 Å². The Bertz CT molecular complexity index is 583. The molecule has 0 fully saturated rings. The van der Waals surface area contributed by atoms with Gasteiger partial charge < -0.3 is 10.5 Å². The molecule has 0 amide bonds. The number of benzene rings is 2. The molecular formula is C17H20BrNO. The van der Waals surface area contributed by atoms with E-state index in [4.69, 9.17) is 10.5 Å². The third-order valence-electron chi connectivity index (χ3n) is 3.25. The van der Waals surface area contributed by atoms with E-state index in [1.807, 2.05) is 30.3 Å². The first kappa shape index (κ1) is 15.1. The molecule has 0 radical (unpaired) electrons. The van der Waals surface area contributed by atoms with Gasteiger partial charge in [-0.3, -0.25) is 0 Å². The molecule has 1 atom stereocenters. The Labute approximate surface area is 129 Å². The molecule has 0 aliphatic carbocycles. The Morgan fingerprint density at radius 3 is 2.70 bits per heavy atom. The molecule has 106 valence electrons. The van der Waals surface area contributed by atoms with Crippen LogP contribution in [0.3, 0.4) is 0 Å². The highest BCUT2D eigenvalue weighted by Crippen LogP contribution is 2.29. The first-order valence-electron chi connectivity index (χ1n) is 6.87. The molecule has 0 heterocycles. The van der Waals surface area contributed by atoms with E-state index in [9.17, 15) is 0 Å². The molecule has 0 aliphatic rings. The number of halogens is 1. The van der Waals surface area contributed by atoms with Gasteiger partial charge in [0.15, 0.2) is 0 Å². The van der Waals surface area contributed by atoms with Gasteiger partial charge in [-0.05, 0) is 61.2 Å². The van der Waals surface area contributed by atoms with Crippen LogP contribution in [0, 0.1) is 6.92 Å². The standard InChI is InChI=1S/C17H20BrNO/c1-3-15(19)11-13-10-14(18)7-8-17(13)20-16-6-4-5-12(2)9-16/h4-10,15H,3,11,19H2,1-2H3. The fourth-order valence-corrected chi connectivity index (χ4v) is 2.45. The van der Waals surface area contributed by atoms with Crippen molar-refractivity contribution in [1.29, 1.82) is 0 Å². The Hall–Kier alpha value is -1.32. The molecule has 2 N–H and O–H groups in total. The van der Waals surface area contributed by atoms with Crippen molar-refractivity contribution < 1.29 is 4.74 Å². The molecule has 0 spiro atoms. The molecule has 0 aromatic heterocycles. The van der Waals surface area contributed by atoms with Crippen molar-refractivity contribution in [3.05, 3.63) is 58.1 Å². The molecule has 2 aromatic rings. The van der Waals surface area contributed by atoms with Gasteiger partial charge in [-0.15, -0.1) is 0 Å². The second-order valence-corrected chi connectivity index (χ2v) is 5.96. The van der Waals surface area contributed by atoms with E-state index in [2.05, 4.69) is 41.9 Å². The Balaban J connectivity index is 2.26. The molecule has 0 bridgehead atoms. The quantitative estimate of drug-likeness (QED) is 0.850. The van der Waals surface area contributed by atoms with Crippen LogP contribution in [0.4, 0.5) is 0 Å². The Morgan fingerprint density at radius 2 is 2.00 bits per heavy atom. The summed E-state index contributed by atoms with van der Waals surface area (Å²) in [5.74, 6) is 1.74. The second-order valence-electron chi connectivity index (χ2n) is 5.04. The molecule has 2 aromatic carbocycles. The van der Waals surface area contributed by atoms with Crippen molar-refractivity contribution in [1.82, 2.24) is 0 Å². The van der Waals surface area contributed by atoms with Crippen molar-refractivity contribution in [3.63, 3.8) is 0 Å². The summed E-state index contributed by atoms with van der Waals surface area (Å²) >= 11 is 3.51. The van der Waals surface area contributed by atoms with Gasteiger partial charge in [-0.25, -0.2) is 0 Å². The van der Waals surface area contributed by atoms with Crippen molar-refractivity contribution in [2.45, 2.75) is 32.7 Å². The normalized spacial score (nSPS) is 12.2. The maximum absolute atomic E-state index is 6.07. The largest absolute Gasteiger partial charge is 0.457 e. The van der Waals surface area contributed by atoms with E-state index in [0.717, 1.165) is 34.4 Å². The highest BCUT2D eigenvalue weighted by atomic mass is 79.9. The first-order valence-corrected chi connectivity index (χ1v) is 7.66. The molecular weight excluding hydrogens is 314 g/mol. The lowest BCUT2D eigenvalue weighted by atomic mass is 10.0. The van der Waals surface area contributed by atoms with E-state index >= 15 is 0 Å². The van der Waals surface area contributed by atoms with Crippen molar-refractivity contribution in [2.24, 2.45) is 5.73 Å². The maximum Gasteiger partial charge on any atom is 0.130 e. The number of rotatable bonds is 5. The monoisotopic (exact) mass is 333 g/mol. The zero-order valence-corrected chi connectivity index (χ0v) is 13.5. The zero-order valence-electron chi connectivity index (χ0n) is 11.9. The van der Waals surface area contributed by atoms with Gasteiger partial charge in [0.2, 0.25) is 0 Å². The molecule has 2 nitrogen and oxygen atoms in total. The minimum absolute atomic E-state index is 0.157. The van der Waals surface area contributed by atoms with Gasteiger partial charge >= 0.3 is 0 Å². The van der Waals surface area contributed by atoms with E-state index < -0.39 is 0 Å². The predicted molar refractivity (Wildman–Crippen MR) is 87.4 cm³/mol. The van der Waals surface area contributed by atoms with E-state index in [-0.39, 0.29) is 6.04 Å². The van der Waals surface area contributed by atoms with Gasteiger partial charge in [0.05, 0.1) is 0 Å². The molecule has 0 saturated heterocycles. The van der Waals surface area contributed by atoms with Crippen molar-refractivity contribution in [3.8, 4) is 11.5 Å². The fourth-order valence-electron chi connectivity index (χ4n) is 2.04. The van der Waals surface area contributed by atoms with E-state index in [1.54, 1.807) is 0 Å². The van der Waals surface area contributed by atoms with Crippen LogP contribution < -0.4 is 10.5 Å². The van der Waals surface area contributed by atoms with Gasteiger partial charge in [-0.1, -0.05) is 35.0 Å². The number of hydrogen-bond donors (Lipinski definition) is 1.